The predicted molar refractivity (Wildman–Crippen MR) is 93.2 cm³/mol. The minimum absolute atomic E-state index is 0.271. The van der Waals surface area contributed by atoms with Gasteiger partial charge in [0.05, 0.1) is 17.3 Å². The lowest BCUT2D eigenvalue weighted by atomic mass is 9.90. The number of piperidine rings is 1. The van der Waals surface area contributed by atoms with Gasteiger partial charge in [-0.3, -0.25) is 9.69 Å². The van der Waals surface area contributed by atoms with Gasteiger partial charge in [0.2, 0.25) is 0 Å². The number of nitrogens with zero attached hydrogens (tertiary/aromatic N) is 3. The van der Waals surface area contributed by atoms with E-state index >= 15 is 0 Å². The molecule has 1 N–H and O–H groups in total. The summed E-state index contributed by atoms with van der Waals surface area (Å²) in [7, 11) is 0. The summed E-state index contributed by atoms with van der Waals surface area (Å²) in [5.41, 5.74) is 3.87. The SMILES string of the molecule is Cc1nn(-c2ccc(F)cc2)c(C)c1CN1CC(C)CC(C(=O)O)C1. The topological polar surface area (TPSA) is 58.4 Å². The number of aryl methyl sites for hydroxylation is 1. The molecule has 134 valence electrons. The van der Waals surface area contributed by atoms with Crippen molar-refractivity contribution in [2.75, 3.05) is 13.1 Å². The highest BCUT2D eigenvalue weighted by atomic mass is 19.1. The summed E-state index contributed by atoms with van der Waals surface area (Å²) in [6.07, 6.45) is 0.735. The van der Waals surface area contributed by atoms with Crippen molar-refractivity contribution < 1.29 is 14.3 Å². The van der Waals surface area contributed by atoms with Crippen LogP contribution in [-0.4, -0.2) is 38.8 Å². The summed E-state index contributed by atoms with van der Waals surface area (Å²) in [5, 5.41) is 14.0. The van der Waals surface area contributed by atoms with Gasteiger partial charge < -0.3 is 5.11 Å². The molecule has 6 heteroatoms. The zero-order chi connectivity index (χ0) is 18.1. The third kappa shape index (κ3) is 3.74. The van der Waals surface area contributed by atoms with Crippen molar-refractivity contribution in [2.45, 2.75) is 33.7 Å². The number of carboxylic acids is 1. The van der Waals surface area contributed by atoms with Gasteiger partial charge in [-0.05, 0) is 50.5 Å². The highest BCUT2D eigenvalue weighted by Crippen LogP contribution is 2.26. The second kappa shape index (κ2) is 6.96. The first-order valence-electron chi connectivity index (χ1n) is 8.61. The van der Waals surface area contributed by atoms with Gasteiger partial charge in [0.1, 0.15) is 5.82 Å². The molecule has 2 heterocycles. The van der Waals surface area contributed by atoms with E-state index in [9.17, 15) is 14.3 Å². The molecule has 1 saturated heterocycles. The number of carbonyl (C=O) groups is 1. The number of hydrogen-bond donors (Lipinski definition) is 1. The molecule has 1 aromatic carbocycles. The lowest BCUT2D eigenvalue weighted by Crippen LogP contribution is -2.42. The second-order valence-electron chi connectivity index (χ2n) is 7.11. The van der Waals surface area contributed by atoms with Gasteiger partial charge in [0.25, 0.3) is 0 Å². The molecule has 2 atom stereocenters. The Morgan fingerprint density at radius 1 is 1.28 bits per heavy atom. The van der Waals surface area contributed by atoms with E-state index in [1.54, 1.807) is 12.1 Å². The number of hydrogen-bond acceptors (Lipinski definition) is 3. The zero-order valence-electron chi connectivity index (χ0n) is 14.9. The molecule has 25 heavy (non-hydrogen) atoms. The molecule has 5 nitrogen and oxygen atoms in total. The summed E-state index contributed by atoms with van der Waals surface area (Å²) in [6, 6.07) is 6.27. The lowest BCUT2D eigenvalue weighted by molar-refractivity contribution is -0.144. The Morgan fingerprint density at radius 2 is 1.96 bits per heavy atom. The quantitative estimate of drug-likeness (QED) is 0.925. The van der Waals surface area contributed by atoms with E-state index in [0.29, 0.717) is 19.0 Å². The van der Waals surface area contributed by atoms with Crippen molar-refractivity contribution in [1.29, 1.82) is 0 Å². The zero-order valence-corrected chi connectivity index (χ0v) is 14.9. The fourth-order valence-corrected chi connectivity index (χ4v) is 3.73. The Hall–Kier alpha value is -2.21. The maximum Gasteiger partial charge on any atom is 0.307 e. The van der Waals surface area contributed by atoms with E-state index in [0.717, 1.165) is 35.6 Å². The molecule has 1 aromatic heterocycles. The molecule has 1 aliphatic rings. The van der Waals surface area contributed by atoms with Crippen LogP contribution in [0.2, 0.25) is 0 Å². The van der Waals surface area contributed by atoms with Gasteiger partial charge in [-0.25, -0.2) is 9.07 Å². The third-order valence-corrected chi connectivity index (χ3v) is 4.98. The number of halogens is 1. The second-order valence-corrected chi connectivity index (χ2v) is 7.11. The summed E-state index contributed by atoms with van der Waals surface area (Å²) in [6.45, 7) is 8.21. The third-order valence-electron chi connectivity index (χ3n) is 4.98. The van der Waals surface area contributed by atoms with Crippen LogP contribution in [-0.2, 0) is 11.3 Å². The van der Waals surface area contributed by atoms with Crippen LogP contribution in [0.25, 0.3) is 5.69 Å². The monoisotopic (exact) mass is 345 g/mol. The first kappa shape index (κ1) is 17.6. The molecule has 2 aromatic rings. The minimum atomic E-state index is -0.716. The summed E-state index contributed by atoms with van der Waals surface area (Å²) < 4.78 is 15.0. The van der Waals surface area contributed by atoms with Crippen LogP contribution >= 0.6 is 0 Å². The highest BCUT2D eigenvalue weighted by Gasteiger charge is 2.30. The maximum absolute atomic E-state index is 13.2. The van der Waals surface area contributed by atoms with Gasteiger partial charge in [0.15, 0.2) is 0 Å². The molecule has 0 bridgehead atoms. The Balaban J connectivity index is 1.83. The van der Waals surface area contributed by atoms with E-state index in [-0.39, 0.29) is 11.7 Å². The first-order chi connectivity index (χ1) is 11.8. The van der Waals surface area contributed by atoms with Gasteiger partial charge in [0, 0.05) is 30.9 Å². The fourth-order valence-electron chi connectivity index (χ4n) is 3.73. The average Bonchev–Trinajstić information content (AvgIpc) is 2.83. The van der Waals surface area contributed by atoms with Crippen LogP contribution in [0.1, 0.15) is 30.3 Å². The Labute approximate surface area is 147 Å². The summed E-state index contributed by atoms with van der Waals surface area (Å²) in [4.78, 5) is 13.6. The molecule has 1 fully saturated rings. The van der Waals surface area contributed by atoms with Gasteiger partial charge >= 0.3 is 5.97 Å². The van der Waals surface area contributed by atoms with Crippen molar-refractivity contribution in [1.82, 2.24) is 14.7 Å². The average molecular weight is 345 g/mol. The van der Waals surface area contributed by atoms with Crippen molar-refractivity contribution in [3.63, 3.8) is 0 Å². The van der Waals surface area contributed by atoms with E-state index in [4.69, 9.17) is 0 Å². The minimum Gasteiger partial charge on any atom is -0.481 e. The number of rotatable bonds is 4. The fraction of sp³-hybridized carbons (Fsp3) is 0.474. The van der Waals surface area contributed by atoms with Gasteiger partial charge in [-0.1, -0.05) is 6.92 Å². The molecule has 2 unspecified atom stereocenters. The molecule has 0 saturated carbocycles. The molecule has 1 aliphatic heterocycles. The van der Waals surface area contributed by atoms with E-state index in [2.05, 4.69) is 16.9 Å². The predicted octanol–water partition coefficient (Wildman–Crippen LogP) is 3.17. The largest absolute Gasteiger partial charge is 0.481 e. The van der Waals surface area contributed by atoms with Crippen LogP contribution in [0.3, 0.4) is 0 Å². The van der Waals surface area contributed by atoms with Crippen molar-refractivity contribution in [2.24, 2.45) is 11.8 Å². The molecular formula is C19H24FN3O2. The van der Waals surface area contributed by atoms with Crippen LogP contribution < -0.4 is 0 Å². The summed E-state index contributed by atoms with van der Waals surface area (Å²) in [5.74, 6) is -0.932. The number of aromatic nitrogens is 2. The van der Waals surface area contributed by atoms with Gasteiger partial charge in [-0.2, -0.15) is 5.10 Å². The summed E-state index contributed by atoms with van der Waals surface area (Å²) >= 11 is 0. The molecule has 0 radical (unpaired) electrons. The van der Waals surface area contributed by atoms with E-state index in [1.807, 2.05) is 18.5 Å². The smallest absolute Gasteiger partial charge is 0.307 e. The molecule has 0 aliphatic carbocycles. The van der Waals surface area contributed by atoms with Crippen LogP contribution in [0.5, 0.6) is 0 Å². The van der Waals surface area contributed by atoms with Crippen molar-refractivity contribution in [3.8, 4) is 5.69 Å². The van der Waals surface area contributed by atoms with E-state index in [1.165, 1.54) is 12.1 Å². The number of likely N-dealkylation sites (tertiary alicyclic amines) is 1. The number of carboxylic acid groups (broad SMARTS) is 1. The van der Waals surface area contributed by atoms with Crippen LogP contribution in [0.15, 0.2) is 24.3 Å². The molecule has 3 rings (SSSR count). The van der Waals surface area contributed by atoms with Crippen molar-refractivity contribution >= 4 is 5.97 Å². The standard InChI is InChI=1S/C19H24FN3O2/c1-12-8-15(19(24)25)10-22(9-12)11-18-13(2)21-23(14(18)3)17-6-4-16(20)5-7-17/h4-7,12,15H,8-11H2,1-3H3,(H,24,25). The molecule has 0 amide bonds. The normalized spacial score (nSPS) is 21.4. The van der Waals surface area contributed by atoms with E-state index < -0.39 is 5.97 Å². The Kier molecular flexibility index (Phi) is 4.90. The lowest BCUT2D eigenvalue weighted by Gasteiger charge is -2.34. The number of aliphatic carboxylic acids is 1. The maximum atomic E-state index is 13.2. The van der Waals surface area contributed by atoms with Crippen LogP contribution in [0, 0.1) is 31.5 Å². The van der Waals surface area contributed by atoms with Crippen LogP contribution in [0.4, 0.5) is 4.39 Å². The molecule has 0 spiro atoms. The van der Waals surface area contributed by atoms with Crippen molar-refractivity contribution in [3.05, 3.63) is 47.0 Å². The molecular weight excluding hydrogens is 321 g/mol. The Morgan fingerprint density at radius 3 is 2.60 bits per heavy atom. The number of benzene rings is 1. The first-order valence-corrected chi connectivity index (χ1v) is 8.61. The van der Waals surface area contributed by atoms with Gasteiger partial charge in [-0.15, -0.1) is 0 Å². The highest BCUT2D eigenvalue weighted by molar-refractivity contribution is 5.70. The Bertz CT molecular complexity index is 770.